The summed E-state index contributed by atoms with van der Waals surface area (Å²) in [5.41, 5.74) is 1.70. The van der Waals surface area contributed by atoms with Gasteiger partial charge in [0.05, 0.1) is 5.56 Å². The number of carbonyl (C=O) groups excluding carboxylic acids is 2. The quantitative estimate of drug-likeness (QED) is 0.500. The van der Waals surface area contributed by atoms with Gasteiger partial charge in [-0.15, -0.1) is 0 Å². The number of carbonyl (C=O) groups is 3. The lowest BCUT2D eigenvalue weighted by Gasteiger charge is -2.02. The van der Waals surface area contributed by atoms with Gasteiger partial charge < -0.3 is 9.94 Å². The monoisotopic (exact) mass is 209 g/mol. The van der Waals surface area contributed by atoms with Gasteiger partial charge in [-0.05, 0) is 12.1 Å². The van der Waals surface area contributed by atoms with E-state index in [4.69, 9.17) is 5.11 Å². The summed E-state index contributed by atoms with van der Waals surface area (Å²) in [6.45, 7) is 0. The van der Waals surface area contributed by atoms with Crippen molar-refractivity contribution in [3.8, 4) is 0 Å². The van der Waals surface area contributed by atoms with Gasteiger partial charge in [0.15, 0.2) is 0 Å². The molecule has 0 heterocycles. The Bertz CT molecular complexity index is 387. The number of aliphatic carboxylic acids is 1. The second kappa shape index (κ2) is 4.75. The summed E-state index contributed by atoms with van der Waals surface area (Å²) in [5.74, 6) is -3.96. The zero-order valence-corrected chi connectivity index (χ0v) is 7.47. The van der Waals surface area contributed by atoms with Crippen LogP contribution >= 0.6 is 0 Å². The molecule has 0 aliphatic heterocycles. The Morgan fingerprint density at radius 2 is 1.73 bits per heavy atom. The first-order valence-electron chi connectivity index (χ1n) is 3.90. The highest BCUT2D eigenvalue weighted by Crippen LogP contribution is 1.99. The van der Waals surface area contributed by atoms with Crippen LogP contribution in [-0.4, -0.2) is 23.0 Å². The van der Waals surface area contributed by atoms with Crippen molar-refractivity contribution in [3.05, 3.63) is 35.9 Å². The topological polar surface area (TPSA) is 92.7 Å². The van der Waals surface area contributed by atoms with Crippen LogP contribution in [0, 0.1) is 0 Å². The Labute approximate surface area is 84.4 Å². The van der Waals surface area contributed by atoms with Gasteiger partial charge in [0.1, 0.15) is 0 Å². The minimum atomic E-state index is -1.73. The van der Waals surface area contributed by atoms with Crippen molar-refractivity contribution in [2.24, 2.45) is 0 Å². The zero-order valence-electron chi connectivity index (χ0n) is 7.47. The van der Waals surface area contributed by atoms with Gasteiger partial charge in [0.2, 0.25) is 0 Å². The lowest BCUT2D eigenvalue weighted by atomic mass is 10.2. The van der Waals surface area contributed by atoms with Gasteiger partial charge >= 0.3 is 17.8 Å². The average molecular weight is 209 g/mol. The molecule has 1 aromatic carbocycles. The highest BCUT2D eigenvalue weighted by Gasteiger charge is 2.14. The number of hydrogen-bond donors (Lipinski definition) is 2. The summed E-state index contributed by atoms with van der Waals surface area (Å²) in [6, 6.07) is 7.85. The molecule has 6 heteroatoms. The van der Waals surface area contributed by atoms with Gasteiger partial charge in [-0.25, -0.2) is 9.59 Å². The maximum atomic E-state index is 11.1. The number of benzene rings is 1. The fourth-order valence-electron chi connectivity index (χ4n) is 0.770. The molecule has 1 rings (SSSR count). The van der Waals surface area contributed by atoms with Crippen LogP contribution in [0.2, 0.25) is 0 Å². The zero-order chi connectivity index (χ0) is 11.3. The molecule has 0 aromatic heterocycles. The molecule has 0 bridgehead atoms. The molecule has 6 nitrogen and oxygen atoms in total. The molecule has 0 spiro atoms. The maximum Gasteiger partial charge on any atom is 0.397 e. The minimum absolute atomic E-state index is 0.211. The summed E-state index contributed by atoms with van der Waals surface area (Å²) in [5, 5.41) is 8.16. The fraction of sp³-hybridized carbons (Fsp3) is 0. The van der Waals surface area contributed by atoms with Crippen LogP contribution < -0.4 is 5.48 Å². The van der Waals surface area contributed by atoms with Crippen molar-refractivity contribution in [1.29, 1.82) is 0 Å². The third-order valence-corrected chi connectivity index (χ3v) is 1.44. The number of carboxylic acids is 1. The standard InChI is InChI=1S/C9H7NO5/c11-7(8(12)13)10-15-9(14)6-4-2-1-3-5-6/h1-5H,(H,10,11)(H,12,13). The van der Waals surface area contributed by atoms with Gasteiger partial charge in [0, 0.05) is 0 Å². The molecule has 1 amide bonds. The smallest absolute Gasteiger partial charge is 0.397 e. The first kappa shape index (κ1) is 10.7. The molecule has 15 heavy (non-hydrogen) atoms. The molecule has 2 N–H and O–H groups in total. The number of hydrogen-bond acceptors (Lipinski definition) is 4. The predicted molar refractivity (Wildman–Crippen MR) is 47.6 cm³/mol. The van der Waals surface area contributed by atoms with Crippen LogP contribution in [0.1, 0.15) is 10.4 Å². The molecule has 0 unspecified atom stereocenters. The Morgan fingerprint density at radius 1 is 1.13 bits per heavy atom. The second-order valence-electron chi connectivity index (χ2n) is 2.49. The molecule has 0 atom stereocenters. The van der Waals surface area contributed by atoms with Gasteiger partial charge in [-0.3, -0.25) is 4.79 Å². The molecule has 0 fully saturated rings. The third-order valence-electron chi connectivity index (χ3n) is 1.44. The molecule has 0 radical (unpaired) electrons. The molecular formula is C9H7NO5. The lowest BCUT2D eigenvalue weighted by Crippen LogP contribution is -2.32. The van der Waals surface area contributed by atoms with Crippen molar-refractivity contribution in [2.45, 2.75) is 0 Å². The Hall–Kier alpha value is -2.37. The largest absolute Gasteiger partial charge is 0.474 e. The molecule has 1 aromatic rings. The molecule has 0 aliphatic carbocycles. The molecule has 78 valence electrons. The number of nitrogens with one attached hydrogen (secondary N) is 1. The lowest BCUT2D eigenvalue weighted by molar-refractivity contribution is -0.154. The van der Waals surface area contributed by atoms with E-state index in [0.29, 0.717) is 0 Å². The van der Waals surface area contributed by atoms with E-state index in [9.17, 15) is 14.4 Å². The highest BCUT2D eigenvalue weighted by molar-refractivity contribution is 6.31. The Kier molecular flexibility index (Phi) is 3.39. The number of carboxylic acid groups (broad SMARTS) is 1. The SMILES string of the molecule is O=C(O)C(=O)NOC(=O)c1ccccc1. The van der Waals surface area contributed by atoms with Gasteiger partial charge in [0.25, 0.3) is 0 Å². The number of hydroxylamine groups is 1. The van der Waals surface area contributed by atoms with Gasteiger partial charge in [-0.1, -0.05) is 18.2 Å². The molecular weight excluding hydrogens is 202 g/mol. The minimum Gasteiger partial charge on any atom is -0.474 e. The summed E-state index contributed by atoms with van der Waals surface area (Å²) >= 11 is 0. The Morgan fingerprint density at radius 3 is 2.27 bits per heavy atom. The molecule has 0 saturated carbocycles. The van der Waals surface area contributed by atoms with Crippen molar-refractivity contribution in [1.82, 2.24) is 5.48 Å². The van der Waals surface area contributed by atoms with E-state index in [0.717, 1.165) is 0 Å². The van der Waals surface area contributed by atoms with Crippen molar-refractivity contribution in [3.63, 3.8) is 0 Å². The van der Waals surface area contributed by atoms with E-state index in [2.05, 4.69) is 4.84 Å². The van der Waals surface area contributed by atoms with Crippen LogP contribution in [0.3, 0.4) is 0 Å². The van der Waals surface area contributed by atoms with Crippen LogP contribution in [0.4, 0.5) is 0 Å². The molecule has 0 saturated heterocycles. The van der Waals surface area contributed by atoms with Crippen molar-refractivity contribution in [2.75, 3.05) is 0 Å². The maximum absolute atomic E-state index is 11.1. The Balaban J connectivity index is 2.51. The average Bonchev–Trinajstić information content (AvgIpc) is 2.26. The van der Waals surface area contributed by atoms with Gasteiger partial charge in [-0.2, -0.15) is 5.48 Å². The van der Waals surface area contributed by atoms with Crippen LogP contribution in [-0.2, 0) is 14.4 Å². The predicted octanol–water partition coefficient (Wildman–Crippen LogP) is -0.0408. The first-order valence-corrected chi connectivity index (χ1v) is 3.90. The van der Waals surface area contributed by atoms with Crippen LogP contribution in [0.5, 0.6) is 0 Å². The first-order chi connectivity index (χ1) is 7.11. The normalized spacial score (nSPS) is 9.07. The number of rotatable bonds is 1. The van der Waals surface area contributed by atoms with Crippen LogP contribution in [0.15, 0.2) is 30.3 Å². The molecule has 0 aliphatic rings. The second-order valence-corrected chi connectivity index (χ2v) is 2.49. The van der Waals surface area contributed by atoms with E-state index in [1.165, 1.54) is 17.6 Å². The van der Waals surface area contributed by atoms with Crippen molar-refractivity contribution >= 4 is 17.8 Å². The van der Waals surface area contributed by atoms with E-state index in [1.54, 1.807) is 18.2 Å². The summed E-state index contributed by atoms with van der Waals surface area (Å²) in [4.78, 5) is 35.9. The fourth-order valence-corrected chi connectivity index (χ4v) is 0.770. The van der Waals surface area contributed by atoms with Crippen LogP contribution in [0.25, 0.3) is 0 Å². The third kappa shape index (κ3) is 3.11. The summed E-state index contributed by atoms with van der Waals surface area (Å²) < 4.78 is 0. The summed E-state index contributed by atoms with van der Waals surface area (Å²) in [7, 11) is 0. The van der Waals surface area contributed by atoms with E-state index in [-0.39, 0.29) is 5.56 Å². The van der Waals surface area contributed by atoms with E-state index >= 15 is 0 Å². The summed E-state index contributed by atoms with van der Waals surface area (Å²) in [6.07, 6.45) is 0. The highest BCUT2D eigenvalue weighted by atomic mass is 16.7. The van der Waals surface area contributed by atoms with Crippen molar-refractivity contribution < 1.29 is 24.3 Å². The van der Waals surface area contributed by atoms with E-state index < -0.39 is 17.8 Å². The van der Waals surface area contributed by atoms with E-state index in [1.807, 2.05) is 0 Å². The number of amides is 1.